The number of rotatable bonds is 3. The van der Waals surface area contributed by atoms with E-state index in [0.717, 1.165) is 10.0 Å². The second kappa shape index (κ2) is 5.28. The van der Waals surface area contributed by atoms with E-state index in [2.05, 4.69) is 20.7 Å². The molecule has 0 amide bonds. The average Bonchev–Trinajstić information content (AvgIpc) is 2.21. The van der Waals surface area contributed by atoms with Gasteiger partial charge in [0.15, 0.2) is 0 Å². The average molecular weight is 273 g/mol. The van der Waals surface area contributed by atoms with Crippen molar-refractivity contribution in [3.05, 3.63) is 33.8 Å². The van der Waals surface area contributed by atoms with Gasteiger partial charge in [0, 0.05) is 4.47 Å². The number of aliphatic hydroxyl groups excluding tert-OH is 1. The third-order valence-electron chi connectivity index (χ3n) is 2.17. The van der Waals surface area contributed by atoms with Crippen LogP contribution < -0.4 is 0 Å². The van der Waals surface area contributed by atoms with Gasteiger partial charge in [-0.15, -0.1) is 0 Å². The van der Waals surface area contributed by atoms with E-state index in [0.29, 0.717) is 5.56 Å². The van der Waals surface area contributed by atoms with Crippen LogP contribution in [0, 0.1) is 6.92 Å². The molecule has 3 nitrogen and oxygen atoms in total. The van der Waals surface area contributed by atoms with Gasteiger partial charge in [0.2, 0.25) is 0 Å². The summed E-state index contributed by atoms with van der Waals surface area (Å²) in [5, 5.41) is 9.72. The minimum atomic E-state index is -0.811. The van der Waals surface area contributed by atoms with E-state index in [1.54, 1.807) is 6.07 Å². The number of esters is 1. The molecule has 0 fully saturated rings. The molecule has 0 heterocycles. The molecule has 0 saturated carbocycles. The van der Waals surface area contributed by atoms with Gasteiger partial charge >= 0.3 is 5.97 Å². The van der Waals surface area contributed by atoms with Gasteiger partial charge < -0.3 is 9.84 Å². The summed E-state index contributed by atoms with van der Waals surface area (Å²) in [6.45, 7) is 1.96. The lowest BCUT2D eigenvalue weighted by Gasteiger charge is -2.10. The Morgan fingerprint density at radius 3 is 2.80 bits per heavy atom. The Morgan fingerprint density at radius 1 is 1.60 bits per heavy atom. The van der Waals surface area contributed by atoms with Gasteiger partial charge in [0.1, 0.15) is 0 Å². The lowest BCUT2D eigenvalue weighted by atomic mass is 10.1. The number of halogens is 1. The number of hydrogen-bond acceptors (Lipinski definition) is 3. The van der Waals surface area contributed by atoms with Crippen molar-refractivity contribution in [2.45, 2.75) is 19.4 Å². The molecule has 1 aromatic rings. The van der Waals surface area contributed by atoms with E-state index >= 15 is 0 Å². The van der Waals surface area contributed by atoms with Gasteiger partial charge in [0.05, 0.1) is 19.6 Å². The second-order valence-electron chi connectivity index (χ2n) is 3.30. The lowest BCUT2D eigenvalue weighted by Crippen LogP contribution is -2.08. The van der Waals surface area contributed by atoms with Gasteiger partial charge in [0.25, 0.3) is 0 Å². The highest BCUT2D eigenvalue weighted by Gasteiger charge is 2.13. The smallest absolute Gasteiger partial charge is 0.308 e. The fourth-order valence-corrected chi connectivity index (χ4v) is 1.57. The van der Waals surface area contributed by atoms with E-state index in [4.69, 9.17) is 0 Å². The molecule has 0 saturated heterocycles. The predicted molar refractivity (Wildman–Crippen MR) is 60.5 cm³/mol. The van der Waals surface area contributed by atoms with Crippen molar-refractivity contribution in [3.63, 3.8) is 0 Å². The molecule has 1 rings (SSSR count). The van der Waals surface area contributed by atoms with E-state index in [-0.39, 0.29) is 6.42 Å². The zero-order valence-electron chi connectivity index (χ0n) is 8.66. The fourth-order valence-electron chi connectivity index (χ4n) is 1.18. The molecule has 1 aromatic carbocycles. The number of carbonyl (C=O) groups excluding carboxylic acids is 1. The van der Waals surface area contributed by atoms with Crippen molar-refractivity contribution in [2.75, 3.05) is 7.11 Å². The predicted octanol–water partition coefficient (Wildman–Crippen LogP) is 2.35. The largest absolute Gasteiger partial charge is 0.469 e. The van der Waals surface area contributed by atoms with Crippen molar-refractivity contribution in [2.24, 2.45) is 0 Å². The maximum absolute atomic E-state index is 11.0. The molecule has 1 unspecified atom stereocenters. The summed E-state index contributed by atoms with van der Waals surface area (Å²) in [6.07, 6.45) is -0.833. The summed E-state index contributed by atoms with van der Waals surface area (Å²) in [5.41, 5.74) is 1.79. The molecule has 0 radical (unpaired) electrons. The number of benzene rings is 1. The normalized spacial score (nSPS) is 12.3. The molecule has 0 bridgehead atoms. The summed E-state index contributed by atoms with van der Waals surface area (Å²) >= 11 is 3.37. The number of aliphatic hydroxyl groups is 1. The van der Waals surface area contributed by atoms with Crippen molar-refractivity contribution >= 4 is 21.9 Å². The standard InChI is InChI=1S/C11H13BrO3/c1-7-3-4-8(5-9(7)12)10(13)6-11(14)15-2/h3-5,10,13H,6H2,1-2H3. The van der Waals surface area contributed by atoms with Gasteiger partial charge in [-0.05, 0) is 24.1 Å². The van der Waals surface area contributed by atoms with E-state index in [9.17, 15) is 9.90 Å². The molecule has 0 aliphatic rings. The minimum absolute atomic E-state index is 0.0218. The summed E-state index contributed by atoms with van der Waals surface area (Å²) in [6, 6.07) is 5.50. The zero-order chi connectivity index (χ0) is 11.4. The first-order valence-electron chi connectivity index (χ1n) is 4.55. The van der Waals surface area contributed by atoms with E-state index in [1.165, 1.54) is 7.11 Å². The number of aryl methyl sites for hydroxylation is 1. The quantitative estimate of drug-likeness (QED) is 0.860. The van der Waals surface area contributed by atoms with Crippen LogP contribution in [0.1, 0.15) is 23.7 Å². The Labute approximate surface area is 97.2 Å². The Kier molecular flexibility index (Phi) is 4.29. The highest BCUT2D eigenvalue weighted by molar-refractivity contribution is 9.10. The number of hydrogen-bond donors (Lipinski definition) is 1. The van der Waals surface area contributed by atoms with Crippen molar-refractivity contribution in [1.82, 2.24) is 0 Å². The molecule has 0 aromatic heterocycles. The maximum atomic E-state index is 11.0. The van der Waals surface area contributed by atoms with Crippen molar-refractivity contribution in [1.29, 1.82) is 0 Å². The second-order valence-corrected chi connectivity index (χ2v) is 4.16. The summed E-state index contributed by atoms with van der Waals surface area (Å²) in [5.74, 6) is -0.417. The van der Waals surface area contributed by atoms with Crippen LogP contribution in [0.5, 0.6) is 0 Å². The SMILES string of the molecule is COC(=O)CC(O)c1ccc(C)c(Br)c1. The monoisotopic (exact) mass is 272 g/mol. The van der Waals surface area contributed by atoms with Crippen molar-refractivity contribution < 1.29 is 14.6 Å². The molecule has 1 N–H and O–H groups in total. The van der Waals surface area contributed by atoms with Crippen LogP contribution in [-0.2, 0) is 9.53 Å². The van der Waals surface area contributed by atoms with E-state index in [1.807, 2.05) is 19.1 Å². The van der Waals surface area contributed by atoms with Crippen LogP contribution in [0.3, 0.4) is 0 Å². The molecule has 0 aliphatic heterocycles. The van der Waals surface area contributed by atoms with Crippen LogP contribution in [-0.4, -0.2) is 18.2 Å². The first-order valence-corrected chi connectivity index (χ1v) is 5.35. The van der Waals surface area contributed by atoms with Crippen LogP contribution in [0.4, 0.5) is 0 Å². The fraction of sp³-hybridized carbons (Fsp3) is 0.364. The molecule has 82 valence electrons. The van der Waals surface area contributed by atoms with Crippen LogP contribution in [0.15, 0.2) is 22.7 Å². The summed E-state index contributed by atoms with van der Waals surface area (Å²) in [7, 11) is 1.31. The first-order chi connectivity index (χ1) is 7.04. The van der Waals surface area contributed by atoms with Crippen LogP contribution in [0.2, 0.25) is 0 Å². The molecule has 1 atom stereocenters. The van der Waals surface area contributed by atoms with E-state index < -0.39 is 12.1 Å². The highest BCUT2D eigenvalue weighted by atomic mass is 79.9. The Balaban J connectivity index is 2.78. The molecular weight excluding hydrogens is 260 g/mol. The Morgan fingerprint density at radius 2 is 2.27 bits per heavy atom. The maximum Gasteiger partial charge on any atom is 0.308 e. The molecule has 0 spiro atoms. The van der Waals surface area contributed by atoms with Crippen LogP contribution in [0.25, 0.3) is 0 Å². The molecular formula is C11H13BrO3. The summed E-state index contributed by atoms with van der Waals surface area (Å²) in [4.78, 5) is 11.0. The Bertz CT molecular complexity index is 363. The van der Waals surface area contributed by atoms with Gasteiger partial charge in [-0.3, -0.25) is 4.79 Å². The topological polar surface area (TPSA) is 46.5 Å². The first kappa shape index (κ1) is 12.2. The van der Waals surface area contributed by atoms with Gasteiger partial charge in [-0.2, -0.15) is 0 Å². The Hall–Kier alpha value is -0.870. The van der Waals surface area contributed by atoms with Gasteiger partial charge in [-0.25, -0.2) is 0 Å². The minimum Gasteiger partial charge on any atom is -0.469 e. The number of methoxy groups -OCH3 is 1. The van der Waals surface area contributed by atoms with Gasteiger partial charge in [-0.1, -0.05) is 28.1 Å². The van der Waals surface area contributed by atoms with Crippen LogP contribution >= 0.6 is 15.9 Å². The third-order valence-corrected chi connectivity index (χ3v) is 3.02. The molecule has 15 heavy (non-hydrogen) atoms. The number of ether oxygens (including phenoxy) is 1. The lowest BCUT2D eigenvalue weighted by molar-refractivity contribution is -0.142. The molecule has 0 aliphatic carbocycles. The van der Waals surface area contributed by atoms with Crippen molar-refractivity contribution in [3.8, 4) is 0 Å². The zero-order valence-corrected chi connectivity index (χ0v) is 10.2. The molecule has 4 heteroatoms. The summed E-state index contributed by atoms with van der Waals surface area (Å²) < 4.78 is 5.41. The number of carbonyl (C=O) groups is 1. The highest BCUT2D eigenvalue weighted by Crippen LogP contribution is 2.23. The third kappa shape index (κ3) is 3.32.